The number of amides is 1. The Bertz CT molecular complexity index is 1020. The summed E-state index contributed by atoms with van der Waals surface area (Å²) in [5.74, 6) is -0.953. The van der Waals surface area contributed by atoms with Crippen molar-refractivity contribution >= 4 is 23.0 Å². The van der Waals surface area contributed by atoms with Crippen LogP contribution in [0.1, 0.15) is 42.4 Å². The number of ether oxygens (including phenoxy) is 1. The van der Waals surface area contributed by atoms with Gasteiger partial charge in [0.05, 0.1) is 5.56 Å². The lowest BCUT2D eigenvalue weighted by atomic mass is 10.0. The highest BCUT2D eigenvalue weighted by molar-refractivity contribution is 6.05. The van der Waals surface area contributed by atoms with Crippen LogP contribution in [0.15, 0.2) is 54.6 Å². The van der Waals surface area contributed by atoms with Gasteiger partial charge in [0.25, 0.3) is 0 Å². The number of nitrogens with one attached hydrogen (secondary N) is 1. The van der Waals surface area contributed by atoms with Crippen molar-refractivity contribution in [3.05, 3.63) is 71.4 Å². The molecule has 0 aliphatic rings. The van der Waals surface area contributed by atoms with E-state index in [-0.39, 0.29) is 0 Å². The molecule has 0 aliphatic heterocycles. The van der Waals surface area contributed by atoms with E-state index < -0.39 is 17.7 Å². The standard InChI is InChI=1S/C23H26N2O4/c1-23(2,3)29-22(28)24-13-14-25-18-12-8-7-11-17(18)20(21(26)27)19(25)15-16-9-5-4-6-10-16/h4-12H,13-15H2,1-3H3,(H,24,28)(H,26,27). The van der Waals surface area contributed by atoms with E-state index in [9.17, 15) is 14.7 Å². The van der Waals surface area contributed by atoms with Crippen molar-refractivity contribution in [3.63, 3.8) is 0 Å². The van der Waals surface area contributed by atoms with Crippen LogP contribution in [-0.4, -0.2) is 33.9 Å². The normalized spacial score (nSPS) is 11.4. The molecule has 0 aliphatic carbocycles. The highest BCUT2D eigenvalue weighted by Crippen LogP contribution is 2.28. The Balaban J connectivity index is 1.93. The van der Waals surface area contributed by atoms with Crippen LogP contribution in [-0.2, 0) is 17.7 Å². The molecule has 0 unspecified atom stereocenters. The van der Waals surface area contributed by atoms with Crippen molar-refractivity contribution in [3.8, 4) is 0 Å². The van der Waals surface area contributed by atoms with Gasteiger partial charge in [-0.05, 0) is 32.4 Å². The number of carbonyl (C=O) groups excluding carboxylic acids is 1. The first-order chi connectivity index (χ1) is 13.8. The predicted molar refractivity (Wildman–Crippen MR) is 112 cm³/mol. The molecule has 3 rings (SSSR count). The van der Waals surface area contributed by atoms with E-state index in [1.54, 1.807) is 0 Å². The first kappa shape index (κ1) is 20.5. The van der Waals surface area contributed by atoms with Crippen LogP contribution >= 0.6 is 0 Å². The first-order valence-electron chi connectivity index (χ1n) is 9.60. The Kier molecular flexibility index (Phi) is 5.92. The molecule has 2 aromatic carbocycles. The maximum absolute atomic E-state index is 12.1. The van der Waals surface area contributed by atoms with E-state index in [4.69, 9.17) is 4.74 Å². The summed E-state index contributed by atoms with van der Waals surface area (Å²) in [4.78, 5) is 24.0. The average molecular weight is 394 g/mol. The van der Waals surface area contributed by atoms with Gasteiger partial charge in [0.1, 0.15) is 5.60 Å². The number of para-hydroxylation sites is 1. The van der Waals surface area contributed by atoms with E-state index in [2.05, 4.69) is 5.32 Å². The van der Waals surface area contributed by atoms with Crippen LogP contribution in [0.4, 0.5) is 4.79 Å². The molecule has 0 bridgehead atoms. The number of benzene rings is 2. The quantitative estimate of drug-likeness (QED) is 0.647. The molecular weight excluding hydrogens is 368 g/mol. The van der Waals surface area contributed by atoms with E-state index in [1.807, 2.05) is 79.9 Å². The van der Waals surface area contributed by atoms with Crippen LogP contribution in [0.5, 0.6) is 0 Å². The fourth-order valence-electron chi connectivity index (χ4n) is 3.41. The van der Waals surface area contributed by atoms with Gasteiger partial charge in [-0.15, -0.1) is 0 Å². The third kappa shape index (κ3) is 4.96. The Morgan fingerprint density at radius 2 is 1.69 bits per heavy atom. The van der Waals surface area contributed by atoms with Crippen molar-refractivity contribution in [2.45, 2.75) is 39.3 Å². The number of aromatic nitrogens is 1. The van der Waals surface area contributed by atoms with Crippen LogP contribution in [0.25, 0.3) is 10.9 Å². The van der Waals surface area contributed by atoms with Crippen molar-refractivity contribution in [1.29, 1.82) is 0 Å². The molecule has 0 radical (unpaired) electrons. The minimum Gasteiger partial charge on any atom is -0.478 e. The lowest BCUT2D eigenvalue weighted by Crippen LogP contribution is -2.34. The monoisotopic (exact) mass is 394 g/mol. The zero-order valence-electron chi connectivity index (χ0n) is 16.9. The highest BCUT2D eigenvalue weighted by Gasteiger charge is 2.22. The summed E-state index contributed by atoms with van der Waals surface area (Å²) in [7, 11) is 0. The maximum atomic E-state index is 12.1. The summed E-state index contributed by atoms with van der Waals surface area (Å²) in [6, 6.07) is 17.2. The lowest BCUT2D eigenvalue weighted by Gasteiger charge is -2.20. The lowest BCUT2D eigenvalue weighted by molar-refractivity contribution is 0.0525. The number of rotatable bonds is 6. The van der Waals surface area contributed by atoms with Crippen molar-refractivity contribution in [2.24, 2.45) is 0 Å². The second kappa shape index (κ2) is 8.39. The molecule has 29 heavy (non-hydrogen) atoms. The van der Waals surface area contributed by atoms with E-state index >= 15 is 0 Å². The summed E-state index contributed by atoms with van der Waals surface area (Å²) in [5.41, 5.74) is 2.32. The third-order valence-corrected chi connectivity index (χ3v) is 4.51. The number of hydrogen-bond donors (Lipinski definition) is 2. The van der Waals surface area contributed by atoms with Gasteiger partial charge in [0, 0.05) is 36.1 Å². The number of nitrogens with zero attached hydrogens (tertiary/aromatic N) is 1. The molecule has 6 nitrogen and oxygen atoms in total. The largest absolute Gasteiger partial charge is 0.478 e. The minimum absolute atomic E-state index is 0.307. The smallest absolute Gasteiger partial charge is 0.407 e. The molecule has 3 aromatic rings. The summed E-state index contributed by atoms with van der Waals surface area (Å²) < 4.78 is 7.25. The van der Waals surface area contributed by atoms with Crippen LogP contribution in [0.2, 0.25) is 0 Å². The molecule has 2 N–H and O–H groups in total. The van der Waals surface area contributed by atoms with Gasteiger partial charge < -0.3 is 19.7 Å². The second-order valence-electron chi connectivity index (χ2n) is 7.89. The SMILES string of the molecule is CC(C)(C)OC(=O)NCCn1c(Cc2ccccc2)c(C(=O)O)c2ccccc21. The molecule has 0 spiro atoms. The summed E-state index contributed by atoms with van der Waals surface area (Å²) in [5, 5.41) is 13.3. The maximum Gasteiger partial charge on any atom is 0.407 e. The molecule has 0 saturated carbocycles. The minimum atomic E-state index is -0.953. The first-order valence-corrected chi connectivity index (χ1v) is 9.60. The summed E-state index contributed by atoms with van der Waals surface area (Å²) >= 11 is 0. The number of fused-ring (bicyclic) bond motifs is 1. The number of hydrogen-bond acceptors (Lipinski definition) is 3. The van der Waals surface area contributed by atoms with E-state index in [1.165, 1.54) is 0 Å². The van der Waals surface area contributed by atoms with E-state index in [0.717, 1.165) is 16.8 Å². The highest BCUT2D eigenvalue weighted by atomic mass is 16.6. The van der Waals surface area contributed by atoms with Crippen molar-refractivity contribution < 1.29 is 19.4 Å². The van der Waals surface area contributed by atoms with Crippen LogP contribution in [0, 0.1) is 0 Å². The number of alkyl carbamates (subject to hydrolysis) is 1. The van der Waals surface area contributed by atoms with Gasteiger partial charge in [-0.2, -0.15) is 0 Å². The topological polar surface area (TPSA) is 80.6 Å². The Morgan fingerprint density at radius 1 is 1.03 bits per heavy atom. The fourth-order valence-corrected chi connectivity index (χ4v) is 3.41. The Morgan fingerprint density at radius 3 is 2.34 bits per heavy atom. The third-order valence-electron chi connectivity index (χ3n) is 4.51. The molecule has 0 fully saturated rings. The predicted octanol–water partition coefficient (Wildman–Crippen LogP) is 4.46. The molecular formula is C23H26N2O4. The molecule has 0 atom stereocenters. The van der Waals surface area contributed by atoms with Gasteiger partial charge in [-0.1, -0.05) is 48.5 Å². The molecule has 6 heteroatoms. The van der Waals surface area contributed by atoms with E-state index in [0.29, 0.717) is 30.5 Å². The van der Waals surface area contributed by atoms with Crippen LogP contribution < -0.4 is 5.32 Å². The second-order valence-corrected chi connectivity index (χ2v) is 7.89. The number of carbonyl (C=O) groups is 2. The van der Waals surface area contributed by atoms with Crippen molar-refractivity contribution in [1.82, 2.24) is 9.88 Å². The molecule has 0 saturated heterocycles. The number of carboxylic acid groups (broad SMARTS) is 1. The molecule has 1 aromatic heterocycles. The zero-order valence-corrected chi connectivity index (χ0v) is 16.9. The van der Waals surface area contributed by atoms with Gasteiger partial charge in [-0.3, -0.25) is 0 Å². The summed E-state index contributed by atoms with van der Waals surface area (Å²) in [6.07, 6.45) is 0.000812. The molecule has 1 amide bonds. The van der Waals surface area contributed by atoms with Gasteiger partial charge >= 0.3 is 12.1 Å². The van der Waals surface area contributed by atoms with Crippen molar-refractivity contribution in [2.75, 3.05) is 6.54 Å². The van der Waals surface area contributed by atoms with Crippen LogP contribution in [0.3, 0.4) is 0 Å². The Hall–Kier alpha value is -3.28. The van der Waals surface area contributed by atoms with Gasteiger partial charge in [-0.25, -0.2) is 9.59 Å². The average Bonchev–Trinajstić information content (AvgIpc) is 2.95. The Labute approximate surface area is 170 Å². The van der Waals surface area contributed by atoms with Gasteiger partial charge in [0.2, 0.25) is 0 Å². The van der Waals surface area contributed by atoms with Gasteiger partial charge in [0.15, 0.2) is 0 Å². The number of carboxylic acids is 1. The summed E-state index contributed by atoms with van der Waals surface area (Å²) in [6.45, 7) is 6.19. The fraction of sp³-hybridized carbons (Fsp3) is 0.304. The zero-order chi connectivity index (χ0) is 21.0. The molecule has 1 heterocycles. The molecule has 152 valence electrons. The number of aromatic carboxylic acids is 1.